The van der Waals surface area contributed by atoms with Gasteiger partial charge < -0.3 is 18.6 Å². The summed E-state index contributed by atoms with van der Waals surface area (Å²) in [6, 6.07) is 0. The molecular formula is C11H20BNW. The average Bonchev–Trinajstić information content (AvgIpc) is 2.02. The Morgan fingerprint density at radius 1 is 1.71 bits per heavy atom. The molecule has 0 saturated carbocycles. The SMILES string of the molecule is [B][CH-]C(C)CC1([CH2-])CNCC(C)C1.[W+2]. The summed E-state index contributed by atoms with van der Waals surface area (Å²) in [5.74, 6) is 1.22. The Labute approximate surface area is 104 Å². The Kier molecular flexibility index (Phi) is 6.65. The molecule has 3 heteroatoms. The van der Waals surface area contributed by atoms with Crippen molar-refractivity contribution in [3.63, 3.8) is 0 Å². The zero-order valence-electron chi connectivity index (χ0n) is 9.25. The van der Waals surface area contributed by atoms with Gasteiger partial charge >= 0.3 is 21.1 Å². The molecule has 1 aliphatic rings. The second-order valence-corrected chi connectivity index (χ2v) is 4.81. The topological polar surface area (TPSA) is 12.0 Å². The van der Waals surface area contributed by atoms with Crippen LogP contribution in [0.15, 0.2) is 0 Å². The summed E-state index contributed by atoms with van der Waals surface area (Å²) in [7, 11) is 5.51. The van der Waals surface area contributed by atoms with Gasteiger partial charge in [0.1, 0.15) is 0 Å². The van der Waals surface area contributed by atoms with E-state index in [1.807, 2.05) is 0 Å². The molecule has 0 aromatic heterocycles. The van der Waals surface area contributed by atoms with Crippen molar-refractivity contribution < 1.29 is 21.1 Å². The Bertz CT molecular complexity index is 165. The normalized spacial score (nSPS) is 34.6. The molecule has 1 fully saturated rings. The maximum atomic E-state index is 5.51. The number of piperidine rings is 1. The van der Waals surface area contributed by atoms with Crippen LogP contribution in [0.3, 0.4) is 0 Å². The molecule has 1 aliphatic heterocycles. The minimum Gasteiger partial charge on any atom is -0.365 e. The molecule has 0 spiro atoms. The van der Waals surface area contributed by atoms with Crippen LogP contribution >= 0.6 is 0 Å². The van der Waals surface area contributed by atoms with Gasteiger partial charge in [0.15, 0.2) is 0 Å². The van der Waals surface area contributed by atoms with Crippen molar-refractivity contribution in [2.45, 2.75) is 26.7 Å². The summed E-state index contributed by atoms with van der Waals surface area (Å²) >= 11 is 0. The summed E-state index contributed by atoms with van der Waals surface area (Å²) < 4.78 is 0. The number of hydrogen-bond donors (Lipinski definition) is 1. The zero-order valence-corrected chi connectivity index (χ0v) is 12.2. The second-order valence-electron chi connectivity index (χ2n) is 4.81. The predicted molar refractivity (Wildman–Crippen MR) is 58.3 cm³/mol. The van der Waals surface area contributed by atoms with Crippen molar-refractivity contribution in [2.75, 3.05) is 13.1 Å². The van der Waals surface area contributed by atoms with Gasteiger partial charge in [-0.3, -0.25) is 0 Å². The van der Waals surface area contributed by atoms with Crippen molar-refractivity contribution in [1.82, 2.24) is 5.32 Å². The van der Waals surface area contributed by atoms with Gasteiger partial charge in [0, 0.05) is 0 Å². The Hall–Kier alpha value is 0.713. The van der Waals surface area contributed by atoms with Crippen molar-refractivity contribution >= 4 is 7.85 Å². The summed E-state index contributed by atoms with van der Waals surface area (Å²) in [6.07, 6.45) is 4.10. The standard InChI is InChI=1S/C11H20BN.W/c1-9(6-12)4-11(3)5-10(2)7-13-8-11;/h6,9-10,13H,3-5,7-8H2,1-2H3;/q-2;+2. The third-order valence-electron chi connectivity index (χ3n) is 2.86. The summed E-state index contributed by atoms with van der Waals surface area (Å²) in [6.45, 7) is 10.9. The third-order valence-corrected chi connectivity index (χ3v) is 2.86. The van der Waals surface area contributed by atoms with E-state index in [9.17, 15) is 0 Å². The van der Waals surface area contributed by atoms with Gasteiger partial charge in [-0.2, -0.15) is 13.8 Å². The fraction of sp³-hybridized carbons (Fsp3) is 0.818. The maximum absolute atomic E-state index is 5.51. The smallest absolute Gasteiger partial charge is 0.365 e. The largest absolute Gasteiger partial charge is 2.00 e. The van der Waals surface area contributed by atoms with Crippen LogP contribution in [0, 0.1) is 30.5 Å². The molecule has 0 aromatic rings. The van der Waals surface area contributed by atoms with Gasteiger partial charge in [0.25, 0.3) is 0 Å². The van der Waals surface area contributed by atoms with Crippen LogP contribution in [-0.4, -0.2) is 20.9 Å². The molecule has 0 aromatic carbocycles. The Balaban J connectivity index is 0.00000169. The molecule has 78 valence electrons. The van der Waals surface area contributed by atoms with Gasteiger partial charge in [0.05, 0.1) is 0 Å². The first-order chi connectivity index (χ1) is 6.06. The molecule has 0 amide bonds. The zero-order chi connectivity index (χ0) is 9.90. The number of hydrogen-bond acceptors (Lipinski definition) is 1. The van der Waals surface area contributed by atoms with E-state index in [0.717, 1.165) is 25.4 Å². The van der Waals surface area contributed by atoms with E-state index in [1.54, 1.807) is 6.32 Å². The first kappa shape index (κ1) is 14.7. The summed E-state index contributed by atoms with van der Waals surface area (Å²) in [5, 5.41) is 3.44. The fourth-order valence-corrected chi connectivity index (χ4v) is 2.37. The molecular weight excluding hydrogens is 341 g/mol. The van der Waals surface area contributed by atoms with Gasteiger partial charge in [-0.05, 0) is 19.0 Å². The minimum atomic E-state index is 0. The van der Waals surface area contributed by atoms with Gasteiger partial charge in [0.2, 0.25) is 0 Å². The average molecular weight is 361 g/mol. The van der Waals surface area contributed by atoms with E-state index >= 15 is 0 Å². The molecule has 2 radical (unpaired) electrons. The number of rotatable bonds is 3. The van der Waals surface area contributed by atoms with Crippen molar-refractivity contribution in [3.8, 4) is 0 Å². The molecule has 0 bridgehead atoms. The van der Waals surface area contributed by atoms with E-state index in [4.69, 9.17) is 7.85 Å². The van der Waals surface area contributed by atoms with Crippen molar-refractivity contribution in [2.24, 2.45) is 17.3 Å². The van der Waals surface area contributed by atoms with Crippen LogP contribution in [0.5, 0.6) is 0 Å². The van der Waals surface area contributed by atoms with E-state index in [2.05, 4.69) is 26.1 Å². The molecule has 14 heavy (non-hydrogen) atoms. The Morgan fingerprint density at radius 3 is 2.86 bits per heavy atom. The number of nitrogens with one attached hydrogen (secondary N) is 1. The molecule has 1 nitrogen and oxygen atoms in total. The molecule has 1 saturated heterocycles. The summed E-state index contributed by atoms with van der Waals surface area (Å²) in [4.78, 5) is 0. The minimum absolute atomic E-state index is 0. The van der Waals surface area contributed by atoms with E-state index in [1.165, 1.54) is 6.42 Å². The van der Waals surface area contributed by atoms with Gasteiger partial charge in [-0.25, -0.2) is 0 Å². The molecule has 1 N–H and O–H groups in total. The summed E-state index contributed by atoms with van der Waals surface area (Å²) in [5.41, 5.74) is 0.201. The van der Waals surface area contributed by atoms with Crippen molar-refractivity contribution in [3.05, 3.63) is 13.2 Å². The van der Waals surface area contributed by atoms with E-state index in [-0.39, 0.29) is 26.5 Å². The molecule has 3 atom stereocenters. The van der Waals surface area contributed by atoms with Crippen LogP contribution < -0.4 is 5.32 Å². The van der Waals surface area contributed by atoms with Gasteiger partial charge in [-0.15, -0.1) is 5.41 Å². The monoisotopic (exact) mass is 361 g/mol. The molecule has 1 rings (SSSR count). The Morgan fingerprint density at radius 2 is 2.36 bits per heavy atom. The van der Waals surface area contributed by atoms with Crippen LogP contribution in [-0.2, 0) is 21.1 Å². The van der Waals surface area contributed by atoms with Crippen LogP contribution in [0.4, 0.5) is 0 Å². The van der Waals surface area contributed by atoms with Gasteiger partial charge in [-0.1, -0.05) is 26.7 Å². The van der Waals surface area contributed by atoms with E-state index in [0.29, 0.717) is 5.92 Å². The van der Waals surface area contributed by atoms with Crippen molar-refractivity contribution in [1.29, 1.82) is 0 Å². The van der Waals surface area contributed by atoms with Crippen LogP contribution in [0.2, 0.25) is 0 Å². The first-order valence-corrected chi connectivity index (χ1v) is 5.17. The maximum Gasteiger partial charge on any atom is 2.00 e. The quantitative estimate of drug-likeness (QED) is 0.597. The van der Waals surface area contributed by atoms with E-state index < -0.39 is 0 Å². The molecule has 1 heterocycles. The van der Waals surface area contributed by atoms with Crippen LogP contribution in [0.25, 0.3) is 0 Å². The molecule has 3 unspecified atom stereocenters. The molecule has 0 aliphatic carbocycles. The second kappa shape index (κ2) is 6.33. The fourth-order valence-electron chi connectivity index (χ4n) is 2.37. The third kappa shape index (κ3) is 4.49. The first-order valence-electron chi connectivity index (χ1n) is 5.17. The van der Waals surface area contributed by atoms with Crippen LogP contribution in [0.1, 0.15) is 26.7 Å². The predicted octanol–water partition coefficient (Wildman–Crippen LogP) is 1.79.